The molecule has 3 aromatic rings. The predicted molar refractivity (Wildman–Crippen MR) is 105 cm³/mol. The van der Waals surface area contributed by atoms with E-state index in [-0.39, 0.29) is 12.3 Å². The Hall–Kier alpha value is -2.32. The van der Waals surface area contributed by atoms with Crippen LogP contribution in [0.25, 0.3) is 11.4 Å². The van der Waals surface area contributed by atoms with Gasteiger partial charge in [0.2, 0.25) is 22.8 Å². The van der Waals surface area contributed by atoms with Crippen molar-refractivity contribution < 1.29 is 9.32 Å². The number of benzene rings is 1. The van der Waals surface area contributed by atoms with Gasteiger partial charge in [-0.1, -0.05) is 47.9 Å². The van der Waals surface area contributed by atoms with E-state index in [1.54, 1.807) is 12.1 Å². The summed E-state index contributed by atoms with van der Waals surface area (Å²) in [5, 5.41) is 16.9. The van der Waals surface area contributed by atoms with E-state index in [1.165, 1.54) is 17.8 Å². The first kappa shape index (κ1) is 19.4. The van der Waals surface area contributed by atoms with E-state index in [1.807, 2.05) is 12.1 Å². The van der Waals surface area contributed by atoms with Crippen molar-refractivity contribution in [3.63, 3.8) is 0 Å². The van der Waals surface area contributed by atoms with Gasteiger partial charge in [-0.25, -0.2) is 0 Å². The molecule has 0 bridgehead atoms. The molecule has 0 aliphatic heterocycles. The number of aryl methyl sites for hydroxylation is 2. The summed E-state index contributed by atoms with van der Waals surface area (Å²) in [5.74, 6) is 0.730. The maximum Gasteiger partial charge on any atom is 0.227 e. The number of unbranched alkanes of at least 4 members (excludes halogenated alkanes) is 2. The van der Waals surface area contributed by atoms with Crippen molar-refractivity contribution in [2.75, 3.05) is 5.32 Å². The maximum atomic E-state index is 12.1. The lowest BCUT2D eigenvalue weighted by atomic mass is 10.2. The van der Waals surface area contributed by atoms with Gasteiger partial charge in [0.1, 0.15) is 5.01 Å². The Morgan fingerprint density at radius 3 is 2.78 bits per heavy atom. The number of nitrogens with one attached hydrogen (secondary N) is 1. The van der Waals surface area contributed by atoms with Crippen LogP contribution in [-0.4, -0.2) is 26.2 Å². The van der Waals surface area contributed by atoms with Gasteiger partial charge in [0.15, 0.2) is 0 Å². The smallest absolute Gasteiger partial charge is 0.227 e. The van der Waals surface area contributed by atoms with E-state index in [9.17, 15) is 4.79 Å². The van der Waals surface area contributed by atoms with Crippen LogP contribution in [0.2, 0.25) is 5.02 Å². The average molecular weight is 406 g/mol. The summed E-state index contributed by atoms with van der Waals surface area (Å²) in [5.41, 5.74) is 0.809. The quantitative estimate of drug-likeness (QED) is 0.525. The molecule has 0 saturated heterocycles. The van der Waals surface area contributed by atoms with Crippen LogP contribution in [0.1, 0.15) is 43.5 Å². The highest BCUT2D eigenvalue weighted by Crippen LogP contribution is 2.20. The lowest BCUT2D eigenvalue weighted by molar-refractivity contribution is -0.116. The third kappa shape index (κ3) is 5.83. The first-order chi connectivity index (χ1) is 13.1. The van der Waals surface area contributed by atoms with Crippen molar-refractivity contribution in [2.45, 2.75) is 45.4 Å². The van der Waals surface area contributed by atoms with Gasteiger partial charge < -0.3 is 9.84 Å². The highest BCUT2D eigenvalue weighted by atomic mass is 35.5. The number of hydrogen-bond acceptors (Lipinski definition) is 7. The van der Waals surface area contributed by atoms with E-state index in [0.29, 0.717) is 28.3 Å². The van der Waals surface area contributed by atoms with Crippen LogP contribution in [0.15, 0.2) is 28.8 Å². The van der Waals surface area contributed by atoms with Gasteiger partial charge in [0.05, 0.1) is 0 Å². The number of carbonyl (C=O) groups is 1. The Labute approximate surface area is 166 Å². The molecule has 0 aliphatic rings. The molecule has 2 aromatic heterocycles. The molecule has 0 atom stereocenters. The van der Waals surface area contributed by atoms with Gasteiger partial charge in [0.25, 0.3) is 0 Å². The first-order valence-corrected chi connectivity index (χ1v) is 10.0. The summed E-state index contributed by atoms with van der Waals surface area (Å²) in [6, 6.07) is 7.16. The van der Waals surface area contributed by atoms with Crippen LogP contribution in [-0.2, 0) is 17.6 Å². The lowest BCUT2D eigenvalue weighted by Gasteiger charge is -1.98. The fourth-order valence-corrected chi connectivity index (χ4v) is 3.33. The van der Waals surface area contributed by atoms with Crippen molar-refractivity contribution >= 4 is 34.0 Å². The zero-order valence-corrected chi connectivity index (χ0v) is 16.5. The molecule has 27 heavy (non-hydrogen) atoms. The standard InChI is InChI=1S/C18H20ClN5O2S/c1-2-3-4-5-16-22-23-18(27-16)20-14(25)10-11-15-21-17(24-26-15)12-6-8-13(19)9-7-12/h6-9H,2-5,10-11H2,1H3,(H,20,23,25). The fourth-order valence-electron chi connectivity index (χ4n) is 2.41. The zero-order chi connectivity index (χ0) is 19.1. The molecule has 0 aliphatic carbocycles. The van der Waals surface area contributed by atoms with E-state index in [2.05, 4.69) is 32.6 Å². The molecule has 7 nitrogen and oxygen atoms in total. The molecule has 3 rings (SSSR count). The average Bonchev–Trinajstić information content (AvgIpc) is 3.31. The number of carbonyl (C=O) groups excluding carboxylic acids is 1. The van der Waals surface area contributed by atoms with Gasteiger partial charge in [-0.05, 0) is 30.7 Å². The molecular formula is C18H20ClN5O2S. The van der Waals surface area contributed by atoms with Crippen molar-refractivity contribution in [2.24, 2.45) is 0 Å². The van der Waals surface area contributed by atoms with Crippen LogP contribution >= 0.6 is 22.9 Å². The Kier molecular flexibility index (Phi) is 6.89. The third-order valence-electron chi connectivity index (χ3n) is 3.84. The summed E-state index contributed by atoms with van der Waals surface area (Å²) in [6.07, 6.45) is 4.91. The Morgan fingerprint density at radius 2 is 2.00 bits per heavy atom. The highest BCUT2D eigenvalue weighted by molar-refractivity contribution is 7.15. The molecule has 2 heterocycles. The first-order valence-electron chi connectivity index (χ1n) is 8.85. The summed E-state index contributed by atoms with van der Waals surface area (Å²) >= 11 is 7.29. The van der Waals surface area contributed by atoms with Crippen LogP contribution < -0.4 is 5.32 Å². The minimum Gasteiger partial charge on any atom is -0.339 e. The van der Waals surface area contributed by atoms with E-state index in [4.69, 9.17) is 16.1 Å². The van der Waals surface area contributed by atoms with Gasteiger partial charge in [-0.2, -0.15) is 4.98 Å². The number of halogens is 1. The van der Waals surface area contributed by atoms with E-state index < -0.39 is 0 Å². The fraction of sp³-hybridized carbons (Fsp3) is 0.389. The summed E-state index contributed by atoms with van der Waals surface area (Å²) in [7, 11) is 0. The van der Waals surface area contributed by atoms with Crippen molar-refractivity contribution in [3.05, 3.63) is 40.2 Å². The largest absolute Gasteiger partial charge is 0.339 e. The van der Waals surface area contributed by atoms with Gasteiger partial charge in [-0.15, -0.1) is 10.2 Å². The van der Waals surface area contributed by atoms with Crippen molar-refractivity contribution in [1.82, 2.24) is 20.3 Å². The molecule has 142 valence electrons. The second-order valence-electron chi connectivity index (χ2n) is 6.02. The second kappa shape index (κ2) is 9.57. The number of amides is 1. The van der Waals surface area contributed by atoms with Gasteiger partial charge in [0, 0.05) is 29.8 Å². The number of hydrogen-bond donors (Lipinski definition) is 1. The Balaban J connectivity index is 1.47. The molecule has 0 unspecified atom stereocenters. The second-order valence-corrected chi connectivity index (χ2v) is 7.52. The summed E-state index contributed by atoms with van der Waals surface area (Å²) < 4.78 is 5.21. The summed E-state index contributed by atoms with van der Waals surface area (Å²) in [6.45, 7) is 2.16. The number of anilines is 1. The molecule has 1 aromatic carbocycles. The predicted octanol–water partition coefficient (Wildman–Crippen LogP) is 4.55. The SMILES string of the molecule is CCCCCc1nnc(NC(=O)CCc2nc(-c3ccc(Cl)cc3)no2)s1. The minimum absolute atomic E-state index is 0.155. The van der Waals surface area contributed by atoms with Crippen molar-refractivity contribution in [1.29, 1.82) is 0 Å². The maximum absolute atomic E-state index is 12.1. The van der Waals surface area contributed by atoms with E-state index in [0.717, 1.165) is 29.8 Å². The van der Waals surface area contributed by atoms with Crippen LogP contribution in [0.3, 0.4) is 0 Å². The molecule has 1 N–H and O–H groups in total. The zero-order valence-electron chi connectivity index (χ0n) is 14.9. The number of nitrogens with zero attached hydrogens (tertiary/aromatic N) is 4. The molecule has 1 amide bonds. The normalized spacial score (nSPS) is 10.9. The molecular weight excluding hydrogens is 386 g/mol. The molecule has 0 radical (unpaired) electrons. The van der Waals surface area contributed by atoms with Gasteiger partial charge in [-0.3, -0.25) is 4.79 Å². The topological polar surface area (TPSA) is 93.8 Å². The lowest BCUT2D eigenvalue weighted by Crippen LogP contribution is -2.12. The molecule has 0 fully saturated rings. The minimum atomic E-state index is -0.155. The van der Waals surface area contributed by atoms with Crippen LogP contribution in [0, 0.1) is 0 Å². The molecule has 0 spiro atoms. The monoisotopic (exact) mass is 405 g/mol. The number of aromatic nitrogens is 4. The Morgan fingerprint density at radius 1 is 1.19 bits per heavy atom. The molecule has 0 saturated carbocycles. The Bertz CT molecular complexity index is 878. The third-order valence-corrected chi connectivity index (χ3v) is 4.99. The summed E-state index contributed by atoms with van der Waals surface area (Å²) in [4.78, 5) is 16.4. The van der Waals surface area contributed by atoms with Gasteiger partial charge >= 0.3 is 0 Å². The van der Waals surface area contributed by atoms with Crippen LogP contribution in [0.5, 0.6) is 0 Å². The molecule has 9 heteroatoms. The highest BCUT2D eigenvalue weighted by Gasteiger charge is 2.12. The van der Waals surface area contributed by atoms with Crippen molar-refractivity contribution in [3.8, 4) is 11.4 Å². The number of rotatable bonds is 9. The van der Waals surface area contributed by atoms with Crippen LogP contribution in [0.4, 0.5) is 5.13 Å². The van der Waals surface area contributed by atoms with E-state index >= 15 is 0 Å².